The first-order chi connectivity index (χ1) is 15.4. The number of hydrogen-bond acceptors (Lipinski definition) is 3. The van der Waals surface area contributed by atoms with E-state index in [0.29, 0.717) is 18.0 Å². The Morgan fingerprint density at radius 1 is 1.03 bits per heavy atom. The normalized spacial score (nSPS) is 20.5. The Morgan fingerprint density at radius 2 is 1.81 bits per heavy atom. The van der Waals surface area contributed by atoms with Crippen molar-refractivity contribution in [3.63, 3.8) is 0 Å². The number of para-hydroxylation sites is 1. The number of halogens is 3. The predicted octanol–water partition coefficient (Wildman–Crippen LogP) is 4.86. The van der Waals surface area contributed by atoms with Crippen LogP contribution in [0.1, 0.15) is 33.4 Å². The van der Waals surface area contributed by atoms with Crippen LogP contribution in [0, 0.1) is 0 Å². The zero-order valence-corrected chi connectivity index (χ0v) is 16.8. The molecule has 0 saturated carbocycles. The molecular formula is C25H17F3N2O2. The van der Waals surface area contributed by atoms with Gasteiger partial charge in [0, 0.05) is 17.5 Å². The van der Waals surface area contributed by atoms with Crippen LogP contribution in [-0.4, -0.2) is 18.7 Å². The third-order valence-corrected chi connectivity index (χ3v) is 6.55. The van der Waals surface area contributed by atoms with Gasteiger partial charge in [0.25, 0.3) is 0 Å². The number of benzene rings is 3. The molecule has 1 spiro atoms. The minimum Gasteiger partial charge on any atom is -0.491 e. The summed E-state index contributed by atoms with van der Waals surface area (Å²) in [5.41, 5.74) is 2.33. The third kappa shape index (κ3) is 2.51. The van der Waals surface area contributed by atoms with Crippen LogP contribution in [0.25, 0.3) is 0 Å². The number of anilines is 1. The highest BCUT2D eigenvalue weighted by molar-refractivity contribution is 6.11. The van der Waals surface area contributed by atoms with Gasteiger partial charge in [-0.05, 0) is 46.5 Å². The number of hydrogen-bond donors (Lipinski definition) is 0. The second-order valence-electron chi connectivity index (χ2n) is 8.27. The molecule has 3 aliphatic rings. The van der Waals surface area contributed by atoms with Crippen LogP contribution < -0.4 is 9.64 Å². The molecule has 3 aromatic rings. The fourth-order valence-electron chi connectivity index (χ4n) is 5.04. The largest absolute Gasteiger partial charge is 0.491 e. The van der Waals surface area contributed by atoms with Crippen molar-refractivity contribution in [3.05, 3.63) is 94.0 Å². The number of ether oxygens (including phenoxy) is 1. The first kappa shape index (κ1) is 19.1. The first-order valence-electron chi connectivity index (χ1n) is 10.3. The summed E-state index contributed by atoms with van der Waals surface area (Å²) >= 11 is 0. The Balaban J connectivity index is 1.49. The quantitative estimate of drug-likeness (QED) is 0.578. The third-order valence-electron chi connectivity index (χ3n) is 6.55. The molecular weight excluding hydrogens is 417 g/mol. The SMILES string of the molecule is O=C1N(Cc2ccccc2C(F)(F)F)c2ccccc2C12COc1cc3c(cc12)C=NC3. The molecule has 0 bridgehead atoms. The Morgan fingerprint density at radius 3 is 2.66 bits per heavy atom. The smallest absolute Gasteiger partial charge is 0.416 e. The molecule has 3 heterocycles. The lowest BCUT2D eigenvalue weighted by atomic mass is 9.76. The minimum absolute atomic E-state index is 0.0560. The van der Waals surface area contributed by atoms with E-state index in [1.54, 1.807) is 24.4 Å². The van der Waals surface area contributed by atoms with Crippen molar-refractivity contribution in [2.24, 2.45) is 4.99 Å². The summed E-state index contributed by atoms with van der Waals surface area (Å²) in [6, 6.07) is 16.5. The van der Waals surface area contributed by atoms with Crippen LogP contribution in [0.3, 0.4) is 0 Å². The zero-order chi connectivity index (χ0) is 22.1. The fourth-order valence-corrected chi connectivity index (χ4v) is 5.04. The molecule has 0 N–H and O–H groups in total. The van der Waals surface area contributed by atoms with Gasteiger partial charge in [-0.25, -0.2) is 0 Å². The van der Waals surface area contributed by atoms with E-state index < -0.39 is 17.2 Å². The second kappa shape index (κ2) is 6.45. The lowest BCUT2D eigenvalue weighted by Crippen LogP contribution is -2.42. The number of aliphatic imine (C=N–C) groups is 1. The number of rotatable bonds is 2. The van der Waals surface area contributed by atoms with Gasteiger partial charge in [-0.1, -0.05) is 36.4 Å². The monoisotopic (exact) mass is 434 g/mol. The maximum atomic E-state index is 13.9. The zero-order valence-electron chi connectivity index (χ0n) is 16.8. The van der Waals surface area contributed by atoms with Crippen LogP contribution in [-0.2, 0) is 29.5 Å². The lowest BCUT2D eigenvalue weighted by molar-refractivity contribution is -0.138. The molecule has 160 valence electrons. The Bertz CT molecular complexity index is 1310. The van der Waals surface area contributed by atoms with Gasteiger partial charge in [0.15, 0.2) is 0 Å². The predicted molar refractivity (Wildman–Crippen MR) is 113 cm³/mol. The highest BCUT2D eigenvalue weighted by atomic mass is 19.4. The Hall–Kier alpha value is -3.61. The molecule has 3 aliphatic heterocycles. The van der Waals surface area contributed by atoms with Gasteiger partial charge >= 0.3 is 6.18 Å². The summed E-state index contributed by atoms with van der Waals surface area (Å²) in [6.07, 6.45) is -2.72. The summed E-state index contributed by atoms with van der Waals surface area (Å²) in [7, 11) is 0. The summed E-state index contributed by atoms with van der Waals surface area (Å²) in [6.45, 7) is 0.522. The van der Waals surface area contributed by atoms with Crippen LogP contribution >= 0.6 is 0 Å². The number of alkyl halides is 3. The average molecular weight is 434 g/mol. The summed E-state index contributed by atoms with van der Waals surface area (Å²) in [5, 5.41) is 0. The van der Waals surface area contributed by atoms with Crippen molar-refractivity contribution in [1.82, 2.24) is 0 Å². The second-order valence-corrected chi connectivity index (χ2v) is 8.27. The van der Waals surface area contributed by atoms with Crippen molar-refractivity contribution in [2.75, 3.05) is 11.5 Å². The van der Waals surface area contributed by atoms with Gasteiger partial charge in [-0.15, -0.1) is 0 Å². The number of amides is 1. The summed E-state index contributed by atoms with van der Waals surface area (Å²) in [5.74, 6) is 0.360. The Kier molecular flexibility index (Phi) is 3.85. The van der Waals surface area contributed by atoms with Gasteiger partial charge < -0.3 is 9.64 Å². The molecule has 0 fully saturated rings. The molecule has 0 aliphatic carbocycles. The molecule has 0 radical (unpaired) electrons. The Labute approximate surface area is 182 Å². The van der Waals surface area contributed by atoms with Gasteiger partial charge in [0.05, 0.1) is 18.7 Å². The van der Waals surface area contributed by atoms with E-state index in [2.05, 4.69) is 4.99 Å². The maximum Gasteiger partial charge on any atom is 0.416 e. The highest BCUT2D eigenvalue weighted by Crippen LogP contribution is 2.53. The molecule has 1 atom stereocenters. The minimum atomic E-state index is -4.50. The van der Waals surface area contributed by atoms with Gasteiger partial charge in [-0.2, -0.15) is 13.2 Å². The molecule has 7 heteroatoms. The summed E-state index contributed by atoms with van der Waals surface area (Å²) < 4.78 is 46.8. The van der Waals surface area contributed by atoms with Crippen molar-refractivity contribution >= 4 is 17.8 Å². The van der Waals surface area contributed by atoms with Gasteiger partial charge in [-0.3, -0.25) is 9.79 Å². The highest BCUT2D eigenvalue weighted by Gasteiger charge is 2.57. The van der Waals surface area contributed by atoms with E-state index in [4.69, 9.17) is 4.74 Å². The number of fused-ring (bicyclic) bond motifs is 5. The van der Waals surface area contributed by atoms with Crippen molar-refractivity contribution in [3.8, 4) is 5.75 Å². The van der Waals surface area contributed by atoms with Crippen LogP contribution in [0.5, 0.6) is 5.75 Å². The molecule has 1 unspecified atom stereocenters. The van der Waals surface area contributed by atoms with E-state index >= 15 is 0 Å². The van der Waals surface area contributed by atoms with E-state index in [1.165, 1.54) is 17.0 Å². The average Bonchev–Trinajstić information content (AvgIpc) is 3.45. The number of carbonyl (C=O) groups excluding carboxylic acids is 1. The van der Waals surface area contributed by atoms with Crippen LogP contribution in [0.15, 0.2) is 65.7 Å². The molecule has 32 heavy (non-hydrogen) atoms. The van der Waals surface area contributed by atoms with Crippen LogP contribution in [0.2, 0.25) is 0 Å². The van der Waals surface area contributed by atoms with E-state index in [9.17, 15) is 18.0 Å². The standard InChI is InChI=1S/C25H17F3N2O2/c26-25(27,28)18-6-2-1-5-15(18)13-30-21-8-4-3-7-19(21)24(23(30)31)14-32-22-10-17-12-29-11-16(17)9-20(22)24/h1-11H,12-14H2. The van der Waals surface area contributed by atoms with E-state index in [-0.39, 0.29) is 24.6 Å². The molecule has 6 rings (SSSR count). The molecule has 3 aromatic carbocycles. The van der Waals surface area contributed by atoms with Crippen molar-refractivity contribution in [1.29, 1.82) is 0 Å². The molecule has 0 saturated heterocycles. The number of nitrogens with zero attached hydrogens (tertiary/aromatic N) is 2. The number of carbonyl (C=O) groups is 1. The van der Waals surface area contributed by atoms with Gasteiger partial charge in [0.2, 0.25) is 5.91 Å². The van der Waals surface area contributed by atoms with E-state index in [0.717, 1.165) is 28.3 Å². The van der Waals surface area contributed by atoms with E-state index in [1.807, 2.05) is 24.3 Å². The topological polar surface area (TPSA) is 41.9 Å². The van der Waals surface area contributed by atoms with Crippen molar-refractivity contribution < 1.29 is 22.7 Å². The molecule has 0 aromatic heterocycles. The molecule has 4 nitrogen and oxygen atoms in total. The maximum absolute atomic E-state index is 13.9. The van der Waals surface area contributed by atoms with Crippen LogP contribution in [0.4, 0.5) is 18.9 Å². The van der Waals surface area contributed by atoms with Crippen molar-refractivity contribution in [2.45, 2.75) is 24.7 Å². The van der Waals surface area contributed by atoms with Gasteiger partial charge in [0.1, 0.15) is 17.8 Å². The molecule has 1 amide bonds. The fraction of sp³-hybridized carbons (Fsp3) is 0.200. The first-order valence-corrected chi connectivity index (χ1v) is 10.3. The summed E-state index contributed by atoms with van der Waals surface area (Å²) in [4.78, 5) is 19.7. The lowest BCUT2D eigenvalue weighted by Gasteiger charge is -2.24.